The fourth-order valence-corrected chi connectivity index (χ4v) is 1.89. The number of oxazole rings is 1. The van der Waals surface area contributed by atoms with Crippen LogP contribution in [0, 0.1) is 6.92 Å². The van der Waals surface area contributed by atoms with Gasteiger partial charge < -0.3 is 15.1 Å². The van der Waals surface area contributed by atoms with Gasteiger partial charge in [0.25, 0.3) is 0 Å². The van der Waals surface area contributed by atoms with Crippen LogP contribution in [-0.4, -0.2) is 23.5 Å². The number of hydrogen-bond acceptors (Lipinski definition) is 4. The molecule has 2 N–H and O–H groups in total. The molecular formula is C14H19N3O2. The molecule has 0 radical (unpaired) electrons. The first-order valence-corrected chi connectivity index (χ1v) is 6.19. The predicted octanol–water partition coefficient (Wildman–Crippen LogP) is 2.23. The lowest BCUT2D eigenvalue weighted by Gasteiger charge is -2.23. The van der Waals surface area contributed by atoms with Crippen molar-refractivity contribution in [2.45, 2.75) is 32.7 Å². The van der Waals surface area contributed by atoms with E-state index in [0.717, 1.165) is 16.8 Å². The van der Waals surface area contributed by atoms with E-state index >= 15 is 0 Å². The highest BCUT2D eigenvalue weighted by Crippen LogP contribution is 2.23. The Labute approximate surface area is 112 Å². The Morgan fingerprint density at radius 2 is 2.16 bits per heavy atom. The lowest BCUT2D eigenvalue weighted by Crippen LogP contribution is -2.39. The second-order valence-corrected chi connectivity index (χ2v) is 5.50. The quantitative estimate of drug-likeness (QED) is 0.919. The second-order valence-electron chi connectivity index (χ2n) is 5.50. The smallest absolute Gasteiger partial charge is 0.228 e. The van der Waals surface area contributed by atoms with Gasteiger partial charge in [0, 0.05) is 31.6 Å². The van der Waals surface area contributed by atoms with Crippen molar-refractivity contribution < 1.29 is 9.21 Å². The van der Waals surface area contributed by atoms with Crippen molar-refractivity contribution in [1.29, 1.82) is 0 Å². The number of anilines is 1. The molecule has 0 atom stereocenters. The second kappa shape index (κ2) is 4.66. The summed E-state index contributed by atoms with van der Waals surface area (Å²) in [5.74, 6) is 0.594. The zero-order chi connectivity index (χ0) is 14.2. The minimum absolute atomic E-state index is 0.0212. The van der Waals surface area contributed by atoms with Gasteiger partial charge in [-0.1, -0.05) is 0 Å². The van der Waals surface area contributed by atoms with Crippen molar-refractivity contribution in [2.75, 3.05) is 11.9 Å². The Morgan fingerprint density at radius 3 is 2.79 bits per heavy atom. The van der Waals surface area contributed by atoms with Crippen LogP contribution in [0.1, 0.15) is 26.2 Å². The lowest BCUT2D eigenvalue weighted by molar-refractivity contribution is -0.119. The van der Waals surface area contributed by atoms with Gasteiger partial charge in [-0.3, -0.25) is 4.79 Å². The molecule has 0 aliphatic heterocycles. The number of carbonyl (C=O) groups excluding carboxylic acids is 1. The Bertz CT molecular complexity index is 611. The summed E-state index contributed by atoms with van der Waals surface area (Å²) in [5.41, 5.74) is 7.62. The van der Waals surface area contributed by atoms with Gasteiger partial charge in [0.2, 0.25) is 5.91 Å². The normalized spacial score (nSPS) is 11.8. The van der Waals surface area contributed by atoms with Gasteiger partial charge in [-0.05, 0) is 32.0 Å². The third kappa shape index (κ3) is 3.12. The molecule has 5 heteroatoms. The number of benzene rings is 1. The Morgan fingerprint density at radius 1 is 1.47 bits per heavy atom. The summed E-state index contributed by atoms with van der Waals surface area (Å²) in [5, 5.41) is 0. The van der Waals surface area contributed by atoms with E-state index in [-0.39, 0.29) is 5.91 Å². The summed E-state index contributed by atoms with van der Waals surface area (Å²) in [6, 6.07) is 5.50. The molecule has 0 saturated carbocycles. The van der Waals surface area contributed by atoms with E-state index in [4.69, 9.17) is 10.2 Å². The third-order valence-corrected chi connectivity index (χ3v) is 2.85. The summed E-state index contributed by atoms with van der Waals surface area (Å²) in [4.78, 5) is 18.0. The highest BCUT2D eigenvalue weighted by molar-refractivity contribution is 5.95. The zero-order valence-electron chi connectivity index (χ0n) is 11.7. The van der Waals surface area contributed by atoms with Crippen molar-refractivity contribution in [3.8, 4) is 0 Å². The number of aryl methyl sites for hydroxylation is 1. The number of amides is 1. The summed E-state index contributed by atoms with van der Waals surface area (Å²) < 4.78 is 5.41. The Hall–Kier alpha value is -1.88. The number of nitrogens with two attached hydrogens (primary N) is 1. The monoisotopic (exact) mass is 261 g/mol. The molecule has 1 amide bonds. The number of fused-ring (bicyclic) bond motifs is 1. The maximum atomic E-state index is 12.1. The highest BCUT2D eigenvalue weighted by Gasteiger charge is 2.20. The molecule has 0 fully saturated rings. The van der Waals surface area contributed by atoms with Crippen LogP contribution in [0.5, 0.6) is 0 Å². The van der Waals surface area contributed by atoms with Crippen LogP contribution in [-0.2, 0) is 4.79 Å². The van der Waals surface area contributed by atoms with Crippen molar-refractivity contribution in [2.24, 2.45) is 5.73 Å². The van der Waals surface area contributed by atoms with Crippen LogP contribution in [0.4, 0.5) is 5.69 Å². The van der Waals surface area contributed by atoms with E-state index < -0.39 is 5.54 Å². The molecule has 19 heavy (non-hydrogen) atoms. The Balaban J connectivity index is 2.25. The maximum absolute atomic E-state index is 12.1. The summed E-state index contributed by atoms with van der Waals surface area (Å²) >= 11 is 0. The molecule has 0 saturated heterocycles. The van der Waals surface area contributed by atoms with E-state index in [1.807, 2.05) is 32.0 Å². The van der Waals surface area contributed by atoms with Crippen LogP contribution < -0.4 is 10.6 Å². The molecule has 0 aliphatic carbocycles. The minimum Gasteiger partial charge on any atom is -0.441 e. The SMILES string of the molecule is Cc1nc2cc(N(C)C(=O)CC(C)(C)N)ccc2o1. The minimum atomic E-state index is -0.514. The first-order valence-electron chi connectivity index (χ1n) is 6.19. The molecule has 102 valence electrons. The molecule has 0 bridgehead atoms. The maximum Gasteiger partial charge on any atom is 0.228 e. The van der Waals surface area contributed by atoms with Crippen LogP contribution in [0.25, 0.3) is 11.1 Å². The van der Waals surface area contributed by atoms with E-state index in [9.17, 15) is 4.79 Å². The molecule has 5 nitrogen and oxygen atoms in total. The molecular weight excluding hydrogens is 242 g/mol. The van der Waals surface area contributed by atoms with Gasteiger partial charge in [0.15, 0.2) is 11.5 Å². The topological polar surface area (TPSA) is 72.4 Å². The van der Waals surface area contributed by atoms with Gasteiger partial charge in [0.1, 0.15) is 5.52 Å². The van der Waals surface area contributed by atoms with Gasteiger partial charge in [0.05, 0.1) is 0 Å². The van der Waals surface area contributed by atoms with Gasteiger partial charge in [-0.2, -0.15) is 0 Å². The summed E-state index contributed by atoms with van der Waals surface area (Å²) in [7, 11) is 1.74. The van der Waals surface area contributed by atoms with Gasteiger partial charge >= 0.3 is 0 Å². The molecule has 1 aromatic heterocycles. The number of aromatic nitrogens is 1. The number of carbonyl (C=O) groups is 1. The first kappa shape index (κ1) is 13.5. The number of hydrogen-bond donors (Lipinski definition) is 1. The molecule has 2 aromatic rings. The highest BCUT2D eigenvalue weighted by atomic mass is 16.3. The standard InChI is InChI=1S/C14H19N3O2/c1-9-16-11-7-10(5-6-12(11)19-9)17(4)13(18)8-14(2,3)15/h5-7H,8,15H2,1-4H3. The molecule has 1 heterocycles. The van der Waals surface area contributed by atoms with Crippen LogP contribution in [0.15, 0.2) is 22.6 Å². The van der Waals surface area contributed by atoms with Crippen molar-refractivity contribution >= 4 is 22.7 Å². The van der Waals surface area contributed by atoms with Crippen LogP contribution >= 0.6 is 0 Å². The van der Waals surface area contributed by atoms with Crippen LogP contribution in [0.3, 0.4) is 0 Å². The fourth-order valence-electron chi connectivity index (χ4n) is 1.89. The first-order chi connectivity index (χ1) is 8.76. The molecule has 0 unspecified atom stereocenters. The van der Waals surface area contributed by atoms with E-state index in [2.05, 4.69) is 4.98 Å². The van der Waals surface area contributed by atoms with Crippen LogP contribution in [0.2, 0.25) is 0 Å². The Kier molecular flexibility index (Phi) is 3.32. The molecule has 2 rings (SSSR count). The van der Waals surface area contributed by atoms with E-state index in [1.165, 1.54) is 0 Å². The lowest BCUT2D eigenvalue weighted by atomic mass is 10.0. The third-order valence-electron chi connectivity index (χ3n) is 2.85. The van der Waals surface area contributed by atoms with Crippen molar-refractivity contribution in [1.82, 2.24) is 4.98 Å². The average molecular weight is 261 g/mol. The van der Waals surface area contributed by atoms with Crippen molar-refractivity contribution in [3.63, 3.8) is 0 Å². The fraction of sp³-hybridized carbons (Fsp3) is 0.429. The molecule has 0 aliphatic rings. The largest absolute Gasteiger partial charge is 0.441 e. The van der Waals surface area contributed by atoms with E-state index in [0.29, 0.717) is 12.3 Å². The van der Waals surface area contributed by atoms with E-state index in [1.54, 1.807) is 18.9 Å². The number of nitrogens with zero attached hydrogens (tertiary/aromatic N) is 2. The average Bonchev–Trinajstić information content (AvgIpc) is 2.64. The molecule has 0 spiro atoms. The molecule has 1 aromatic carbocycles. The summed E-state index contributed by atoms with van der Waals surface area (Å²) in [6.07, 6.45) is 0.291. The number of rotatable bonds is 3. The summed E-state index contributed by atoms with van der Waals surface area (Å²) in [6.45, 7) is 5.47. The predicted molar refractivity (Wildman–Crippen MR) is 75.0 cm³/mol. The van der Waals surface area contributed by atoms with Crippen molar-refractivity contribution in [3.05, 3.63) is 24.1 Å². The van der Waals surface area contributed by atoms with Gasteiger partial charge in [-0.25, -0.2) is 4.98 Å². The van der Waals surface area contributed by atoms with Gasteiger partial charge in [-0.15, -0.1) is 0 Å². The zero-order valence-corrected chi connectivity index (χ0v) is 11.7.